The summed E-state index contributed by atoms with van der Waals surface area (Å²) in [5.41, 5.74) is -0.323. The van der Waals surface area contributed by atoms with Crippen LogP contribution in [-0.4, -0.2) is 42.5 Å². The molecule has 0 fully saturated rings. The Bertz CT molecular complexity index is 690. The normalized spacial score (nSPS) is 12.0. The summed E-state index contributed by atoms with van der Waals surface area (Å²) in [7, 11) is -4.28. The first-order chi connectivity index (χ1) is 8.68. The molecular formula is C11H8F3NaO3S2. The molecule has 0 aliphatic heterocycles. The van der Waals surface area contributed by atoms with Gasteiger partial charge in [0.1, 0.15) is 4.21 Å². The quantitative estimate of drug-likeness (QED) is 0.679. The molecule has 0 aliphatic rings. The second-order valence-corrected chi connectivity index (χ2v) is 6.40. The second kappa shape index (κ2) is 6.17. The molecule has 0 radical (unpaired) electrons. The van der Waals surface area contributed by atoms with E-state index in [1.54, 1.807) is 0 Å². The van der Waals surface area contributed by atoms with Crippen molar-refractivity contribution in [2.24, 2.45) is 0 Å². The molecular weight excluding hydrogens is 324 g/mol. The first-order valence-electron chi connectivity index (χ1n) is 4.93. The average Bonchev–Trinajstić information content (AvgIpc) is 2.77. The van der Waals surface area contributed by atoms with Crippen molar-refractivity contribution in [2.45, 2.75) is 10.4 Å². The number of hydrogen-bond acceptors (Lipinski definition) is 3. The summed E-state index contributed by atoms with van der Waals surface area (Å²) in [4.78, 5) is 0.460. The molecule has 0 amide bonds. The molecule has 0 atom stereocenters. The molecule has 2 aromatic rings. The second-order valence-electron chi connectivity index (χ2n) is 3.67. The Kier molecular flexibility index (Phi) is 5.45. The Balaban J connectivity index is 0.00000200. The van der Waals surface area contributed by atoms with Gasteiger partial charge in [-0.25, -0.2) is 0 Å². The number of benzene rings is 1. The van der Waals surface area contributed by atoms with Gasteiger partial charge in [-0.15, -0.1) is 11.3 Å². The molecule has 0 saturated heterocycles. The number of alkyl halides is 3. The fourth-order valence-electron chi connectivity index (χ4n) is 1.44. The van der Waals surface area contributed by atoms with Gasteiger partial charge in [0, 0.05) is 4.88 Å². The maximum absolute atomic E-state index is 12.4. The SMILES string of the molecule is O=S(=O)(O)c1ccc(-c2ccc(C(F)(F)F)cc2)s1.[NaH]. The number of thiophene rings is 1. The van der Waals surface area contributed by atoms with Gasteiger partial charge in [-0.1, -0.05) is 12.1 Å². The Morgan fingerprint density at radius 3 is 1.95 bits per heavy atom. The van der Waals surface area contributed by atoms with E-state index >= 15 is 0 Å². The van der Waals surface area contributed by atoms with E-state index in [1.165, 1.54) is 24.3 Å². The molecule has 0 aliphatic carbocycles. The molecule has 104 valence electrons. The van der Waals surface area contributed by atoms with E-state index in [1.807, 2.05) is 0 Å². The fourth-order valence-corrected chi connectivity index (χ4v) is 3.11. The summed E-state index contributed by atoms with van der Waals surface area (Å²) < 4.78 is 67.5. The predicted molar refractivity (Wildman–Crippen MR) is 71.7 cm³/mol. The van der Waals surface area contributed by atoms with Gasteiger partial charge < -0.3 is 0 Å². The van der Waals surface area contributed by atoms with E-state index in [4.69, 9.17) is 4.55 Å². The summed E-state index contributed by atoms with van der Waals surface area (Å²) in [5.74, 6) is 0. The Morgan fingerprint density at radius 1 is 1.00 bits per heavy atom. The van der Waals surface area contributed by atoms with Crippen LogP contribution in [0.4, 0.5) is 13.2 Å². The minimum atomic E-state index is -4.41. The number of hydrogen-bond donors (Lipinski definition) is 1. The van der Waals surface area contributed by atoms with E-state index < -0.39 is 21.9 Å². The molecule has 2 rings (SSSR count). The number of halogens is 3. The van der Waals surface area contributed by atoms with Gasteiger partial charge in [0.2, 0.25) is 0 Å². The predicted octanol–water partition coefficient (Wildman–Crippen LogP) is 3.03. The van der Waals surface area contributed by atoms with Gasteiger partial charge in [-0.3, -0.25) is 4.55 Å². The van der Waals surface area contributed by atoms with Gasteiger partial charge in [0.05, 0.1) is 5.56 Å². The zero-order valence-corrected chi connectivity index (χ0v) is 10.8. The zero-order chi connectivity index (χ0) is 14.3. The van der Waals surface area contributed by atoms with Crippen LogP contribution in [0.3, 0.4) is 0 Å². The van der Waals surface area contributed by atoms with E-state index in [-0.39, 0.29) is 33.8 Å². The summed E-state index contributed by atoms with van der Waals surface area (Å²) in [6.07, 6.45) is -4.41. The van der Waals surface area contributed by atoms with Crippen molar-refractivity contribution in [1.29, 1.82) is 0 Å². The van der Waals surface area contributed by atoms with Crippen LogP contribution in [0.15, 0.2) is 40.6 Å². The standard InChI is InChI=1S/C11H7F3O3S2.Na.H/c12-11(13,14)8-3-1-7(2-4-8)9-5-6-10(18-9)19(15,16)17;;/h1-6H,(H,15,16,17);;. The molecule has 0 saturated carbocycles. The molecule has 20 heavy (non-hydrogen) atoms. The third-order valence-corrected chi connectivity index (χ3v) is 4.79. The van der Waals surface area contributed by atoms with Crippen LogP contribution in [0.25, 0.3) is 10.4 Å². The molecule has 3 nitrogen and oxygen atoms in total. The minimum absolute atomic E-state index is 0. The van der Waals surface area contributed by atoms with Gasteiger partial charge >= 0.3 is 45.9 Å². The van der Waals surface area contributed by atoms with Crippen molar-refractivity contribution in [3.05, 3.63) is 42.0 Å². The molecule has 1 heterocycles. The van der Waals surface area contributed by atoms with Crippen LogP contribution in [0.1, 0.15) is 5.56 Å². The van der Waals surface area contributed by atoms with Crippen LogP contribution in [0, 0.1) is 0 Å². The van der Waals surface area contributed by atoms with E-state index in [0.717, 1.165) is 23.5 Å². The van der Waals surface area contributed by atoms with Gasteiger partial charge in [-0.2, -0.15) is 21.6 Å². The first kappa shape index (κ1) is 17.7. The van der Waals surface area contributed by atoms with E-state index in [9.17, 15) is 21.6 Å². The van der Waals surface area contributed by atoms with Crippen molar-refractivity contribution in [3.8, 4) is 10.4 Å². The molecule has 1 N–H and O–H groups in total. The van der Waals surface area contributed by atoms with Crippen molar-refractivity contribution >= 4 is 51.0 Å². The maximum atomic E-state index is 12.4. The zero-order valence-electron chi connectivity index (χ0n) is 9.18. The summed E-state index contributed by atoms with van der Waals surface area (Å²) in [6.45, 7) is 0. The van der Waals surface area contributed by atoms with Gasteiger partial charge in [0.15, 0.2) is 0 Å². The van der Waals surface area contributed by atoms with E-state index in [0.29, 0.717) is 10.4 Å². The summed E-state index contributed by atoms with van der Waals surface area (Å²) in [5, 5.41) is 0. The van der Waals surface area contributed by atoms with Crippen molar-refractivity contribution in [1.82, 2.24) is 0 Å². The molecule has 1 aromatic heterocycles. The topological polar surface area (TPSA) is 54.4 Å². The Morgan fingerprint density at radius 2 is 1.55 bits per heavy atom. The van der Waals surface area contributed by atoms with Crippen molar-refractivity contribution < 1.29 is 26.1 Å². The molecule has 9 heteroatoms. The summed E-state index contributed by atoms with van der Waals surface area (Å²) >= 11 is 0.787. The molecule has 0 spiro atoms. The molecule has 0 unspecified atom stereocenters. The van der Waals surface area contributed by atoms with Crippen LogP contribution < -0.4 is 0 Å². The van der Waals surface area contributed by atoms with Crippen LogP contribution >= 0.6 is 11.3 Å². The monoisotopic (exact) mass is 332 g/mol. The van der Waals surface area contributed by atoms with Crippen LogP contribution in [0.5, 0.6) is 0 Å². The third-order valence-electron chi connectivity index (χ3n) is 2.33. The Hall–Kier alpha value is -0.380. The Labute approximate surface area is 139 Å². The third kappa shape index (κ3) is 4.06. The first-order valence-corrected chi connectivity index (χ1v) is 7.18. The average molecular weight is 332 g/mol. The van der Waals surface area contributed by atoms with E-state index in [2.05, 4.69) is 0 Å². The number of rotatable bonds is 2. The van der Waals surface area contributed by atoms with Crippen molar-refractivity contribution in [3.63, 3.8) is 0 Å². The van der Waals surface area contributed by atoms with Gasteiger partial charge in [0.25, 0.3) is 0 Å². The van der Waals surface area contributed by atoms with Crippen molar-refractivity contribution in [2.75, 3.05) is 0 Å². The van der Waals surface area contributed by atoms with Crippen LogP contribution in [-0.2, 0) is 16.3 Å². The molecule has 0 bridgehead atoms. The summed E-state index contributed by atoms with van der Waals surface area (Å²) in [6, 6.07) is 6.97. The van der Waals surface area contributed by atoms with Gasteiger partial charge in [-0.05, 0) is 29.8 Å². The fraction of sp³-hybridized carbons (Fsp3) is 0.0909. The molecule has 1 aromatic carbocycles. The van der Waals surface area contributed by atoms with Crippen LogP contribution in [0.2, 0.25) is 0 Å².